The molecule has 0 amide bonds. The summed E-state index contributed by atoms with van der Waals surface area (Å²) in [5.74, 6) is 1.82. The minimum Gasteiger partial charge on any atom is -0.357 e. The van der Waals surface area contributed by atoms with E-state index in [1.54, 1.807) is 23.7 Å². The molecule has 9 heteroatoms. The maximum Gasteiger partial charge on any atom is 0.225 e. The lowest BCUT2D eigenvalue weighted by molar-refractivity contribution is 0.370. The third-order valence-corrected chi connectivity index (χ3v) is 5.25. The summed E-state index contributed by atoms with van der Waals surface area (Å²) >= 11 is 1.74. The standard InChI is InChI=1S/C18H27N7S.HI/c1-3-19-17(20-7-4-6-16-23-15(2)14-26-16)24-10-12-25(13-11-24)18-21-8-5-9-22-18;/h5,8-9,14H,3-4,6-7,10-13H2,1-2H3,(H,19,20);1H. The topological polar surface area (TPSA) is 69.5 Å². The smallest absolute Gasteiger partial charge is 0.225 e. The molecule has 1 aliphatic rings. The summed E-state index contributed by atoms with van der Waals surface area (Å²) in [6, 6.07) is 1.85. The van der Waals surface area contributed by atoms with Gasteiger partial charge in [-0.2, -0.15) is 0 Å². The molecule has 148 valence electrons. The first-order valence-electron chi connectivity index (χ1n) is 9.22. The summed E-state index contributed by atoms with van der Waals surface area (Å²) in [4.78, 5) is 22.6. The number of guanidine groups is 1. The minimum atomic E-state index is 0. The molecule has 0 saturated carbocycles. The van der Waals surface area contributed by atoms with Crippen LogP contribution in [0.15, 0.2) is 28.8 Å². The van der Waals surface area contributed by atoms with E-state index in [0.717, 1.165) is 69.7 Å². The maximum atomic E-state index is 4.82. The van der Waals surface area contributed by atoms with E-state index in [4.69, 9.17) is 4.99 Å². The molecule has 1 fully saturated rings. The van der Waals surface area contributed by atoms with Crippen LogP contribution in [-0.2, 0) is 6.42 Å². The van der Waals surface area contributed by atoms with Crippen LogP contribution < -0.4 is 10.2 Å². The summed E-state index contributed by atoms with van der Waals surface area (Å²) in [7, 11) is 0. The van der Waals surface area contributed by atoms with Gasteiger partial charge in [0.05, 0.1) is 5.01 Å². The Morgan fingerprint density at radius 1 is 1.22 bits per heavy atom. The first-order valence-corrected chi connectivity index (χ1v) is 10.1. The Balaban J connectivity index is 0.00000261. The molecule has 0 aromatic carbocycles. The molecule has 0 bridgehead atoms. The van der Waals surface area contributed by atoms with E-state index in [1.165, 1.54) is 5.01 Å². The quantitative estimate of drug-likeness (QED) is 0.284. The largest absolute Gasteiger partial charge is 0.357 e. The number of nitrogens with zero attached hydrogens (tertiary/aromatic N) is 6. The van der Waals surface area contributed by atoms with Gasteiger partial charge in [-0.3, -0.25) is 4.99 Å². The molecule has 27 heavy (non-hydrogen) atoms. The molecule has 1 saturated heterocycles. The zero-order valence-corrected chi connectivity index (χ0v) is 19.1. The van der Waals surface area contributed by atoms with Crippen LogP contribution >= 0.6 is 35.3 Å². The van der Waals surface area contributed by atoms with Gasteiger partial charge in [-0.1, -0.05) is 0 Å². The highest BCUT2D eigenvalue weighted by molar-refractivity contribution is 14.0. The Kier molecular flexibility index (Phi) is 9.19. The molecule has 0 spiro atoms. The number of anilines is 1. The second-order valence-electron chi connectivity index (χ2n) is 6.24. The summed E-state index contributed by atoms with van der Waals surface area (Å²) < 4.78 is 0. The molecule has 0 atom stereocenters. The molecule has 3 rings (SSSR count). The van der Waals surface area contributed by atoms with Crippen molar-refractivity contribution in [1.29, 1.82) is 0 Å². The van der Waals surface area contributed by atoms with Gasteiger partial charge in [0.25, 0.3) is 0 Å². The van der Waals surface area contributed by atoms with Crippen molar-refractivity contribution in [2.75, 3.05) is 44.2 Å². The Hall–Kier alpha value is -1.49. The van der Waals surface area contributed by atoms with Crippen LogP contribution in [-0.4, -0.2) is 65.1 Å². The lowest BCUT2D eigenvalue weighted by Crippen LogP contribution is -2.53. The predicted molar refractivity (Wildman–Crippen MR) is 122 cm³/mol. The van der Waals surface area contributed by atoms with Crippen molar-refractivity contribution in [3.05, 3.63) is 34.5 Å². The zero-order chi connectivity index (χ0) is 18.2. The number of nitrogens with one attached hydrogen (secondary N) is 1. The third-order valence-electron chi connectivity index (χ3n) is 4.23. The third kappa shape index (κ3) is 6.56. The second-order valence-corrected chi connectivity index (χ2v) is 7.19. The van der Waals surface area contributed by atoms with Gasteiger partial charge in [0.1, 0.15) is 0 Å². The van der Waals surface area contributed by atoms with Gasteiger partial charge in [-0.15, -0.1) is 35.3 Å². The van der Waals surface area contributed by atoms with Crippen LogP contribution in [0.3, 0.4) is 0 Å². The Bertz CT molecular complexity index is 699. The van der Waals surface area contributed by atoms with Crippen LogP contribution in [0.2, 0.25) is 0 Å². The lowest BCUT2D eigenvalue weighted by atomic mass is 10.3. The lowest BCUT2D eigenvalue weighted by Gasteiger charge is -2.36. The fourth-order valence-corrected chi connectivity index (χ4v) is 3.75. The SMILES string of the molecule is CCNC(=NCCCc1nc(C)cs1)N1CCN(c2ncccn2)CC1.I. The van der Waals surface area contributed by atoms with Gasteiger partial charge < -0.3 is 15.1 Å². The van der Waals surface area contributed by atoms with Gasteiger partial charge in [0.15, 0.2) is 5.96 Å². The predicted octanol–water partition coefficient (Wildman–Crippen LogP) is 2.58. The molecule has 0 unspecified atom stereocenters. The van der Waals surface area contributed by atoms with Crippen LogP contribution in [0.5, 0.6) is 0 Å². The summed E-state index contributed by atoms with van der Waals surface area (Å²) in [6.07, 6.45) is 5.62. The van der Waals surface area contributed by atoms with Gasteiger partial charge in [-0.25, -0.2) is 15.0 Å². The monoisotopic (exact) mass is 501 g/mol. The van der Waals surface area contributed by atoms with Crippen LogP contribution in [0.1, 0.15) is 24.0 Å². The van der Waals surface area contributed by atoms with Gasteiger partial charge in [0.2, 0.25) is 5.95 Å². The number of hydrogen-bond acceptors (Lipinski definition) is 6. The van der Waals surface area contributed by atoms with Crippen LogP contribution in [0.25, 0.3) is 0 Å². The molecule has 3 heterocycles. The van der Waals surface area contributed by atoms with E-state index in [9.17, 15) is 0 Å². The normalized spacial score (nSPS) is 14.8. The molecule has 1 aliphatic heterocycles. The number of hydrogen-bond donors (Lipinski definition) is 1. The fourth-order valence-electron chi connectivity index (χ4n) is 2.93. The Labute approximate surface area is 182 Å². The van der Waals surface area contributed by atoms with Crippen molar-refractivity contribution in [1.82, 2.24) is 25.2 Å². The number of aliphatic imine (C=N–C) groups is 1. The maximum absolute atomic E-state index is 4.82. The summed E-state index contributed by atoms with van der Waals surface area (Å²) in [5, 5.41) is 6.74. The number of halogens is 1. The van der Waals surface area contributed by atoms with Gasteiger partial charge in [0, 0.05) is 69.2 Å². The van der Waals surface area contributed by atoms with Crippen molar-refractivity contribution in [3.8, 4) is 0 Å². The average molecular weight is 501 g/mol. The first-order chi connectivity index (χ1) is 12.8. The van der Waals surface area contributed by atoms with Crippen molar-refractivity contribution in [2.24, 2.45) is 4.99 Å². The summed E-state index contributed by atoms with van der Waals surface area (Å²) in [5.41, 5.74) is 1.11. The Morgan fingerprint density at radius 3 is 2.59 bits per heavy atom. The van der Waals surface area contributed by atoms with E-state index in [-0.39, 0.29) is 24.0 Å². The van der Waals surface area contributed by atoms with E-state index in [2.05, 4.69) is 42.4 Å². The molecule has 2 aromatic rings. The number of aromatic nitrogens is 3. The molecular weight excluding hydrogens is 473 g/mol. The van der Waals surface area contributed by atoms with Crippen molar-refractivity contribution >= 4 is 47.2 Å². The Morgan fingerprint density at radius 2 is 1.96 bits per heavy atom. The van der Waals surface area contributed by atoms with Crippen molar-refractivity contribution in [3.63, 3.8) is 0 Å². The highest BCUT2D eigenvalue weighted by Gasteiger charge is 2.20. The molecule has 1 N–H and O–H groups in total. The molecular formula is C18H28IN7S. The summed E-state index contributed by atoms with van der Waals surface area (Å²) in [6.45, 7) is 9.53. The zero-order valence-electron chi connectivity index (χ0n) is 16.0. The highest BCUT2D eigenvalue weighted by Crippen LogP contribution is 2.12. The number of rotatable bonds is 6. The van der Waals surface area contributed by atoms with Gasteiger partial charge in [-0.05, 0) is 26.3 Å². The van der Waals surface area contributed by atoms with Crippen molar-refractivity contribution in [2.45, 2.75) is 26.7 Å². The first kappa shape index (κ1) is 21.8. The van der Waals surface area contributed by atoms with E-state index in [0.29, 0.717) is 0 Å². The average Bonchev–Trinajstić information content (AvgIpc) is 3.10. The molecule has 2 aromatic heterocycles. The number of piperazine rings is 1. The second kappa shape index (κ2) is 11.4. The highest BCUT2D eigenvalue weighted by atomic mass is 127. The minimum absolute atomic E-state index is 0. The van der Waals surface area contributed by atoms with Gasteiger partial charge >= 0.3 is 0 Å². The van der Waals surface area contributed by atoms with Crippen LogP contribution in [0.4, 0.5) is 5.95 Å². The number of thiazole rings is 1. The van der Waals surface area contributed by atoms with Crippen molar-refractivity contribution < 1.29 is 0 Å². The molecule has 0 aliphatic carbocycles. The van der Waals surface area contributed by atoms with E-state index < -0.39 is 0 Å². The number of aryl methyl sites for hydroxylation is 2. The molecule has 7 nitrogen and oxygen atoms in total. The van der Waals surface area contributed by atoms with E-state index in [1.807, 2.05) is 13.0 Å². The van der Waals surface area contributed by atoms with E-state index >= 15 is 0 Å². The fraction of sp³-hybridized carbons (Fsp3) is 0.556. The molecule has 0 radical (unpaired) electrons. The van der Waals surface area contributed by atoms with Crippen LogP contribution in [0, 0.1) is 6.92 Å².